The zero-order valence-corrected chi connectivity index (χ0v) is 16.3. The number of fused-ring (bicyclic) bond motifs is 1. The van der Waals surface area contributed by atoms with E-state index in [2.05, 4.69) is 17.5 Å². The van der Waals surface area contributed by atoms with Gasteiger partial charge in [-0.3, -0.25) is 9.59 Å². The van der Waals surface area contributed by atoms with Crippen molar-refractivity contribution in [2.24, 2.45) is 16.8 Å². The molecule has 6 nitrogen and oxygen atoms in total. The Morgan fingerprint density at radius 2 is 2.07 bits per heavy atom. The normalized spacial score (nSPS) is 16.5. The van der Waals surface area contributed by atoms with Crippen molar-refractivity contribution < 1.29 is 14.3 Å². The molecule has 0 aliphatic heterocycles. The van der Waals surface area contributed by atoms with Gasteiger partial charge in [0.1, 0.15) is 5.75 Å². The third-order valence-electron chi connectivity index (χ3n) is 4.54. The first kappa shape index (κ1) is 19.1. The third-order valence-corrected chi connectivity index (χ3v) is 5.74. The van der Waals surface area contributed by atoms with Crippen LogP contribution in [0.2, 0.25) is 0 Å². The van der Waals surface area contributed by atoms with E-state index in [0.29, 0.717) is 22.3 Å². The lowest BCUT2D eigenvalue weighted by molar-refractivity contribution is -0.119. The molecule has 1 aliphatic carbocycles. The zero-order chi connectivity index (χ0) is 19.4. The number of nitrogens with two attached hydrogens (primary N) is 1. The van der Waals surface area contributed by atoms with E-state index in [1.807, 2.05) is 25.1 Å². The Hall–Kier alpha value is -2.67. The fraction of sp³-hybridized carbons (Fsp3) is 0.350. The van der Waals surface area contributed by atoms with Gasteiger partial charge in [0.05, 0.1) is 10.6 Å². The molecule has 1 heterocycles. The topological polar surface area (TPSA) is 93.8 Å². The van der Waals surface area contributed by atoms with Crippen LogP contribution in [0.25, 0.3) is 0 Å². The molecule has 0 spiro atoms. The van der Waals surface area contributed by atoms with Crippen molar-refractivity contribution in [3.05, 3.63) is 51.2 Å². The summed E-state index contributed by atoms with van der Waals surface area (Å²) < 4.78 is 5.22. The highest BCUT2D eigenvalue weighted by molar-refractivity contribution is 7.14. The van der Waals surface area contributed by atoms with Gasteiger partial charge in [-0.2, -0.15) is 5.10 Å². The van der Waals surface area contributed by atoms with Crippen LogP contribution in [0.3, 0.4) is 0 Å². The van der Waals surface area contributed by atoms with Crippen LogP contribution in [0.5, 0.6) is 5.75 Å². The molecule has 2 aromatic rings. The summed E-state index contributed by atoms with van der Waals surface area (Å²) in [4.78, 5) is 25.2. The number of aryl methyl sites for hydroxylation is 1. The predicted molar refractivity (Wildman–Crippen MR) is 106 cm³/mol. The van der Waals surface area contributed by atoms with Gasteiger partial charge in [0.15, 0.2) is 6.61 Å². The molecule has 2 amide bonds. The minimum Gasteiger partial charge on any atom is -0.484 e. The number of benzene rings is 1. The maximum atomic E-state index is 12.4. The van der Waals surface area contributed by atoms with Crippen LogP contribution < -0.4 is 15.9 Å². The Kier molecular flexibility index (Phi) is 5.91. The molecule has 7 heteroatoms. The van der Waals surface area contributed by atoms with Gasteiger partial charge in [0.2, 0.25) is 0 Å². The van der Waals surface area contributed by atoms with Crippen LogP contribution >= 0.6 is 11.3 Å². The maximum absolute atomic E-state index is 12.4. The second kappa shape index (κ2) is 8.35. The fourth-order valence-electron chi connectivity index (χ4n) is 2.98. The first-order valence-corrected chi connectivity index (χ1v) is 9.71. The van der Waals surface area contributed by atoms with Crippen molar-refractivity contribution in [3.63, 3.8) is 0 Å². The number of thiophene rings is 1. The molecule has 0 fully saturated rings. The third kappa shape index (κ3) is 4.95. The van der Waals surface area contributed by atoms with Gasteiger partial charge in [-0.25, -0.2) is 5.43 Å². The number of carbonyl (C=O) groups excluding carboxylic acids is 2. The van der Waals surface area contributed by atoms with E-state index in [-0.39, 0.29) is 12.5 Å². The minimum atomic E-state index is -0.524. The second-order valence-electron chi connectivity index (χ2n) is 6.82. The summed E-state index contributed by atoms with van der Waals surface area (Å²) in [7, 11) is 0. The van der Waals surface area contributed by atoms with E-state index >= 15 is 0 Å². The van der Waals surface area contributed by atoms with Gasteiger partial charge >= 0.3 is 0 Å². The summed E-state index contributed by atoms with van der Waals surface area (Å²) in [6.45, 7) is 3.91. The molecule has 0 radical (unpaired) electrons. The van der Waals surface area contributed by atoms with Crippen molar-refractivity contribution in [1.29, 1.82) is 0 Å². The number of nitrogens with zero attached hydrogens (tertiary/aromatic N) is 1. The number of ether oxygens (including phenoxy) is 1. The van der Waals surface area contributed by atoms with Crippen molar-refractivity contribution in [2.45, 2.75) is 33.1 Å². The Morgan fingerprint density at radius 3 is 2.78 bits per heavy atom. The maximum Gasteiger partial charge on any atom is 0.281 e. The number of carbonyl (C=O) groups is 2. The number of hydrazone groups is 1. The lowest BCUT2D eigenvalue weighted by atomic mass is 9.90. The summed E-state index contributed by atoms with van der Waals surface area (Å²) in [6.07, 6.45) is 3.29. The SMILES string of the molecule is C/C(=N/NC(=O)c1cc2c(s1)C[C@H](C)CC2)c1ccc(OCC(N)=O)cc1. The van der Waals surface area contributed by atoms with Crippen LogP contribution in [0.4, 0.5) is 0 Å². The molecule has 3 rings (SSSR count). The molecule has 1 aliphatic rings. The van der Waals surface area contributed by atoms with Gasteiger partial charge in [-0.1, -0.05) is 6.92 Å². The number of nitrogens with one attached hydrogen (secondary N) is 1. The number of hydrogen-bond acceptors (Lipinski definition) is 5. The van der Waals surface area contributed by atoms with Crippen molar-refractivity contribution in [2.75, 3.05) is 6.61 Å². The van der Waals surface area contributed by atoms with Crippen molar-refractivity contribution in [3.8, 4) is 5.75 Å². The fourth-order valence-corrected chi connectivity index (χ4v) is 4.25. The summed E-state index contributed by atoms with van der Waals surface area (Å²) in [5.41, 5.74) is 10.5. The smallest absolute Gasteiger partial charge is 0.281 e. The van der Waals surface area contributed by atoms with Crippen molar-refractivity contribution in [1.82, 2.24) is 5.43 Å². The molecule has 1 aromatic heterocycles. The molecular weight excluding hydrogens is 362 g/mol. The largest absolute Gasteiger partial charge is 0.484 e. The average molecular weight is 385 g/mol. The molecule has 0 unspecified atom stereocenters. The van der Waals surface area contributed by atoms with E-state index in [1.54, 1.807) is 23.5 Å². The van der Waals surface area contributed by atoms with Crippen LogP contribution in [-0.2, 0) is 17.6 Å². The zero-order valence-electron chi connectivity index (χ0n) is 15.5. The molecule has 1 atom stereocenters. The highest BCUT2D eigenvalue weighted by Gasteiger charge is 2.20. The first-order valence-electron chi connectivity index (χ1n) is 8.90. The van der Waals surface area contributed by atoms with Gasteiger partial charge in [0.25, 0.3) is 11.8 Å². The second-order valence-corrected chi connectivity index (χ2v) is 7.96. The van der Waals surface area contributed by atoms with E-state index in [1.165, 1.54) is 16.9 Å². The van der Waals surface area contributed by atoms with Crippen molar-refractivity contribution >= 4 is 28.9 Å². The minimum absolute atomic E-state index is 0.161. The molecule has 0 saturated carbocycles. The quantitative estimate of drug-likeness (QED) is 0.591. The van der Waals surface area contributed by atoms with E-state index in [4.69, 9.17) is 10.5 Å². The molecule has 142 valence electrons. The Labute approximate surface area is 162 Å². The first-order chi connectivity index (χ1) is 12.9. The molecule has 0 saturated heterocycles. The Bertz CT molecular complexity index is 871. The summed E-state index contributed by atoms with van der Waals surface area (Å²) in [6, 6.07) is 9.08. The number of hydrogen-bond donors (Lipinski definition) is 2. The Morgan fingerprint density at radius 1 is 1.33 bits per heavy atom. The van der Waals surface area contributed by atoms with E-state index in [9.17, 15) is 9.59 Å². The molecule has 1 aromatic carbocycles. The highest BCUT2D eigenvalue weighted by atomic mass is 32.1. The van der Waals surface area contributed by atoms with Gasteiger partial charge < -0.3 is 10.5 Å². The average Bonchev–Trinajstić information content (AvgIpc) is 3.07. The summed E-state index contributed by atoms with van der Waals surface area (Å²) >= 11 is 1.57. The van der Waals surface area contributed by atoms with E-state index < -0.39 is 5.91 Å². The van der Waals surface area contributed by atoms with Gasteiger partial charge in [0, 0.05) is 4.88 Å². The standard InChI is InChI=1S/C20H23N3O3S/c1-12-3-4-15-10-18(27-17(15)9-12)20(25)23-22-13(2)14-5-7-16(8-6-14)26-11-19(21)24/h5-8,10,12H,3-4,9,11H2,1-2H3,(H2,21,24)(H,23,25)/b22-13-/t12-/m1/s1. The van der Waals surface area contributed by atoms with E-state index in [0.717, 1.165) is 18.4 Å². The molecular formula is C20H23N3O3S. The lowest BCUT2D eigenvalue weighted by Crippen LogP contribution is -2.20. The Balaban J connectivity index is 1.61. The number of amides is 2. The summed E-state index contributed by atoms with van der Waals surface area (Å²) in [5.74, 6) is 0.530. The molecule has 0 bridgehead atoms. The van der Waals surface area contributed by atoms with Gasteiger partial charge in [-0.05, 0) is 73.6 Å². The molecule has 27 heavy (non-hydrogen) atoms. The highest BCUT2D eigenvalue weighted by Crippen LogP contribution is 2.32. The van der Waals surface area contributed by atoms with Gasteiger partial charge in [-0.15, -0.1) is 11.3 Å². The van der Waals surface area contributed by atoms with Crippen LogP contribution in [-0.4, -0.2) is 24.1 Å². The number of rotatable bonds is 6. The number of primary amides is 1. The van der Waals surface area contributed by atoms with Crippen LogP contribution in [0.1, 0.15) is 45.9 Å². The van der Waals surface area contributed by atoms with Crippen LogP contribution in [0, 0.1) is 5.92 Å². The lowest BCUT2D eigenvalue weighted by Gasteiger charge is -2.16. The predicted octanol–water partition coefficient (Wildman–Crippen LogP) is 2.89. The molecule has 3 N–H and O–H groups in total. The monoisotopic (exact) mass is 385 g/mol. The van der Waals surface area contributed by atoms with Crippen LogP contribution in [0.15, 0.2) is 35.4 Å². The summed E-state index contributed by atoms with van der Waals surface area (Å²) in [5, 5.41) is 4.20.